The Bertz CT molecular complexity index is 552. The van der Waals surface area contributed by atoms with Gasteiger partial charge >= 0.3 is 5.69 Å². The highest BCUT2D eigenvalue weighted by Gasteiger charge is 2.34. The van der Waals surface area contributed by atoms with E-state index in [1.165, 1.54) is 11.0 Å². The van der Waals surface area contributed by atoms with Crippen LogP contribution in [0.3, 0.4) is 0 Å². The van der Waals surface area contributed by atoms with E-state index in [1.54, 1.807) is 6.92 Å². The number of amides is 1. The third kappa shape index (κ3) is 2.59. The van der Waals surface area contributed by atoms with Crippen molar-refractivity contribution in [2.45, 2.75) is 13.0 Å². The number of hydrogen-bond donors (Lipinski definition) is 0. The Morgan fingerprint density at radius 3 is 2.84 bits per heavy atom. The van der Waals surface area contributed by atoms with Gasteiger partial charge in [0.1, 0.15) is 12.3 Å². The van der Waals surface area contributed by atoms with Gasteiger partial charge in [0.2, 0.25) is 5.82 Å². The summed E-state index contributed by atoms with van der Waals surface area (Å²) in [7, 11) is 0. The van der Waals surface area contributed by atoms with E-state index >= 15 is 0 Å². The Labute approximate surface area is 116 Å². The van der Waals surface area contributed by atoms with Gasteiger partial charge in [-0.15, -0.1) is 0 Å². The maximum atomic E-state index is 13.7. The van der Waals surface area contributed by atoms with Gasteiger partial charge in [0.05, 0.1) is 17.6 Å². The first-order valence-electron chi connectivity index (χ1n) is 5.45. The molecule has 1 unspecified atom stereocenters. The Morgan fingerprint density at radius 1 is 1.58 bits per heavy atom. The summed E-state index contributed by atoms with van der Waals surface area (Å²) >= 11 is 3.07. The fourth-order valence-corrected chi connectivity index (χ4v) is 2.41. The largest absolute Gasteiger partial charge is 0.369 e. The molecule has 1 amide bonds. The van der Waals surface area contributed by atoms with Crippen LogP contribution >= 0.6 is 15.9 Å². The van der Waals surface area contributed by atoms with Crippen LogP contribution in [0, 0.1) is 15.9 Å². The molecule has 1 aromatic carbocycles. The molecule has 1 saturated heterocycles. The molecule has 1 heterocycles. The normalized spacial score (nSPS) is 19.6. The van der Waals surface area contributed by atoms with Crippen LogP contribution in [0.25, 0.3) is 0 Å². The SMILES string of the molecule is CC1COCC(=O)N1c1cc(Br)cc(F)c1[N+](=O)[O-]. The monoisotopic (exact) mass is 332 g/mol. The van der Waals surface area contributed by atoms with Crippen LogP contribution in [0.15, 0.2) is 16.6 Å². The van der Waals surface area contributed by atoms with E-state index in [-0.39, 0.29) is 18.9 Å². The van der Waals surface area contributed by atoms with Crippen molar-refractivity contribution < 1.29 is 18.8 Å². The number of ether oxygens (including phenoxy) is 1. The fraction of sp³-hybridized carbons (Fsp3) is 0.364. The lowest BCUT2D eigenvalue weighted by atomic mass is 10.1. The van der Waals surface area contributed by atoms with Crippen LogP contribution in [0.5, 0.6) is 0 Å². The summed E-state index contributed by atoms with van der Waals surface area (Å²) in [5.74, 6) is -1.42. The lowest BCUT2D eigenvalue weighted by Crippen LogP contribution is -2.48. The quantitative estimate of drug-likeness (QED) is 0.615. The molecule has 102 valence electrons. The molecular weight excluding hydrogens is 323 g/mol. The van der Waals surface area contributed by atoms with E-state index in [4.69, 9.17) is 4.74 Å². The number of hydrogen-bond acceptors (Lipinski definition) is 4. The van der Waals surface area contributed by atoms with E-state index in [1.807, 2.05) is 0 Å². The summed E-state index contributed by atoms with van der Waals surface area (Å²) in [6.07, 6.45) is 0. The number of nitro groups is 1. The van der Waals surface area contributed by atoms with Crippen LogP contribution in [0.2, 0.25) is 0 Å². The number of anilines is 1. The highest BCUT2D eigenvalue weighted by atomic mass is 79.9. The molecule has 0 radical (unpaired) electrons. The summed E-state index contributed by atoms with van der Waals surface area (Å²) < 4.78 is 19.1. The Hall–Kier alpha value is -1.54. The average Bonchev–Trinajstić information content (AvgIpc) is 2.26. The minimum absolute atomic E-state index is 0.0577. The number of rotatable bonds is 2. The predicted octanol–water partition coefficient (Wildman–Crippen LogP) is 2.25. The summed E-state index contributed by atoms with van der Waals surface area (Å²) in [4.78, 5) is 23.2. The fourth-order valence-electron chi connectivity index (χ4n) is 2.00. The van der Waals surface area contributed by atoms with Crippen molar-refractivity contribution in [3.63, 3.8) is 0 Å². The minimum atomic E-state index is -0.985. The molecule has 1 aliphatic heterocycles. The molecule has 1 aliphatic rings. The standard InChI is InChI=1S/C11H10BrFN2O4/c1-6-4-19-5-10(16)14(6)9-3-7(12)2-8(13)11(9)15(17)18/h2-3,6H,4-5H2,1H3. The Morgan fingerprint density at radius 2 is 2.26 bits per heavy atom. The summed E-state index contributed by atoms with van der Waals surface area (Å²) in [5, 5.41) is 11.0. The molecule has 6 nitrogen and oxygen atoms in total. The van der Waals surface area contributed by atoms with Crippen molar-refractivity contribution in [3.8, 4) is 0 Å². The second-order valence-electron chi connectivity index (χ2n) is 4.14. The summed E-state index contributed by atoms with van der Waals surface area (Å²) in [6.45, 7) is 1.76. The maximum absolute atomic E-state index is 13.7. The molecule has 0 saturated carbocycles. The summed E-state index contributed by atoms with van der Waals surface area (Å²) in [5.41, 5.74) is -0.761. The molecular formula is C11H10BrFN2O4. The molecule has 1 aromatic rings. The minimum Gasteiger partial charge on any atom is -0.369 e. The maximum Gasteiger partial charge on any atom is 0.328 e. The first-order chi connectivity index (χ1) is 8.91. The van der Waals surface area contributed by atoms with Gasteiger partial charge in [-0.3, -0.25) is 19.8 Å². The smallest absolute Gasteiger partial charge is 0.328 e. The zero-order valence-corrected chi connectivity index (χ0v) is 11.5. The van der Waals surface area contributed by atoms with Crippen molar-refractivity contribution in [1.29, 1.82) is 0 Å². The zero-order chi connectivity index (χ0) is 14.2. The number of morpholine rings is 1. The van der Waals surface area contributed by atoms with Gasteiger partial charge in [0.15, 0.2) is 0 Å². The number of benzene rings is 1. The number of halogens is 2. The number of nitrogens with zero attached hydrogens (tertiary/aromatic N) is 2. The first kappa shape index (κ1) is 13.9. The molecule has 0 aromatic heterocycles. The molecule has 19 heavy (non-hydrogen) atoms. The number of carbonyl (C=O) groups excluding carboxylic acids is 1. The third-order valence-corrected chi connectivity index (χ3v) is 3.20. The number of nitro benzene ring substituents is 1. The highest BCUT2D eigenvalue weighted by Crippen LogP contribution is 2.36. The van der Waals surface area contributed by atoms with E-state index in [0.717, 1.165) is 6.07 Å². The van der Waals surface area contributed by atoms with Crippen LogP contribution < -0.4 is 4.90 Å². The van der Waals surface area contributed by atoms with Crippen LogP contribution in [0.1, 0.15) is 6.92 Å². The van der Waals surface area contributed by atoms with Crippen molar-refractivity contribution in [2.75, 3.05) is 18.1 Å². The van der Waals surface area contributed by atoms with E-state index in [0.29, 0.717) is 4.47 Å². The summed E-state index contributed by atoms with van der Waals surface area (Å²) in [6, 6.07) is 1.96. The van der Waals surface area contributed by atoms with Gasteiger partial charge < -0.3 is 4.74 Å². The predicted molar refractivity (Wildman–Crippen MR) is 68.5 cm³/mol. The van der Waals surface area contributed by atoms with Gasteiger partial charge in [-0.05, 0) is 19.1 Å². The molecule has 1 atom stereocenters. The van der Waals surface area contributed by atoms with Crippen molar-refractivity contribution in [1.82, 2.24) is 0 Å². The third-order valence-electron chi connectivity index (χ3n) is 2.74. The van der Waals surface area contributed by atoms with Crippen molar-refractivity contribution >= 4 is 33.2 Å². The first-order valence-corrected chi connectivity index (χ1v) is 6.24. The second-order valence-corrected chi connectivity index (χ2v) is 5.06. The van der Waals surface area contributed by atoms with Gasteiger partial charge in [0.25, 0.3) is 5.91 Å². The lowest BCUT2D eigenvalue weighted by molar-refractivity contribution is -0.386. The van der Waals surface area contributed by atoms with Crippen molar-refractivity contribution in [2.24, 2.45) is 0 Å². The molecule has 0 aliphatic carbocycles. The van der Waals surface area contributed by atoms with Gasteiger partial charge in [0, 0.05) is 4.47 Å². The molecule has 0 spiro atoms. The molecule has 0 N–H and O–H groups in total. The lowest BCUT2D eigenvalue weighted by Gasteiger charge is -2.32. The highest BCUT2D eigenvalue weighted by molar-refractivity contribution is 9.10. The van der Waals surface area contributed by atoms with Gasteiger partial charge in [-0.2, -0.15) is 4.39 Å². The van der Waals surface area contributed by atoms with Gasteiger partial charge in [-0.25, -0.2) is 0 Å². The van der Waals surface area contributed by atoms with Crippen LogP contribution in [-0.4, -0.2) is 30.1 Å². The van der Waals surface area contributed by atoms with E-state index in [2.05, 4.69) is 15.9 Å². The number of carbonyl (C=O) groups is 1. The van der Waals surface area contributed by atoms with E-state index in [9.17, 15) is 19.3 Å². The van der Waals surface area contributed by atoms with Gasteiger partial charge in [-0.1, -0.05) is 15.9 Å². The second kappa shape index (κ2) is 5.22. The van der Waals surface area contributed by atoms with E-state index < -0.39 is 28.4 Å². The molecule has 1 fully saturated rings. The Balaban J connectivity index is 2.59. The zero-order valence-electron chi connectivity index (χ0n) is 9.93. The molecule has 8 heteroatoms. The Kier molecular flexibility index (Phi) is 3.81. The molecule has 0 bridgehead atoms. The van der Waals surface area contributed by atoms with Crippen LogP contribution in [-0.2, 0) is 9.53 Å². The average molecular weight is 333 g/mol. The molecule has 2 rings (SSSR count). The van der Waals surface area contributed by atoms with Crippen LogP contribution in [0.4, 0.5) is 15.8 Å². The van der Waals surface area contributed by atoms with Crippen molar-refractivity contribution in [3.05, 3.63) is 32.5 Å². The topological polar surface area (TPSA) is 72.7 Å².